The van der Waals surface area contributed by atoms with Crippen molar-refractivity contribution in [3.63, 3.8) is 0 Å². The van der Waals surface area contributed by atoms with Crippen molar-refractivity contribution in [3.05, 3.63) is 28.8 Å². The Morgan fingerprint density at radius 3 is 2.57 bits per heavy atom. The van der Waals surface area contributed by atoms with Gasteiger partial charge in [-0.05, 0) is 26.0 Å². The lowest BCUT2D eigenvalue weighted by atomic mass is 9.97. The molecule has 0 aliphatic heterocycles. The molecule has 0 saturated carbocycles. The summed E-state index contributed by atoms with van der Waals surface area (Å²) >= 11 is 6.10. The number of hydrogen-bond donors (Lipinski definition) is 3. The van der Waals surface area contributed by atoms with Crippen molar-refractivity contribution in [1.82, 2.24) is 0 Å². The second-order valence-corrected chi connectivity index (χ2v) is 5.63. The quantitative estimate of drug-likeness (QED) is 0.743. The van der Waals surface area contributed by atoms with E-state index in [9.17, 15) is 14.7 Å². The van der Waals surface area contributed by atoms with Gasteiger partial charge in [0.15, 0.2) is 0 Å². The molecule has 6 nitrogen and oxygen atoms in total. The predicted molar refractivity (Wildman–Crippen MR) is 80.6 cm³/mol. The maximum absolute atomic E-state index is 12.0. The Labute approximate surface area is 128 Å². The van der Waals surface area contributed by atoms with E-state index in [-0.39, 0.29) is 11.6 Å². The van der Waals surface area contributed by atoms with E-state index in [1.807, 2.05) is 0 Å². The standard InChI is InChI=1S/C14H19ClN2O4/c1-14(2,16)13(20)17-10-6-4-5-9(15)11(10)8(7-21-3)12(18)19/h4-6,8H,7,16H2,1-3H3,(H,17,20)(H,18,19). The van der Waals surface area contributed by atoms with E-state index in [0.29, 0.717) is 11.3 Å². The van der Waals surface area contributed by atoms with Crippen LogP contribution in [0, 0.1) is 0 Å². The van der Waals surface area contributed by atoms with Gasteiger partial charge in [-0.25, -0.2) is 0 Å². The topological polar surface area (TPSA) is 102 Å². The zero-order valence-corrected chi connectivity index (χ0v) is 12.9. The van der Waals surface area contributed by atoms with Gasteiger partial charge in [0.1, 0.15) is 5.92 Å². The van der Waals surface area contributed by atoms with Gasteiger partial charge in [-0.1, -0.05) is 17.7 Å². The Bertz CT molecular complexity index is 540. The molecule has 116 valence electrons. The van der Waals surface area contributed by atoms with E-state index in [4.69, 9.17) is 22.1 Å². The maximum Gasteiger partial charge on any atom is 0.313 e. The van der Waals surface area contributed by atoms with Crippen molar-refractivity contribution in [2.24, 2.45) is 5.73 Å². The van der Waals surface area contributed by atoms with E-state index >= 15 is 0 Å². The summed E-state index contributed by atoms with van der Waals surface area (Å²) in [6.45, 7) is 3.04. The predicted octanol–water partition coefficient (Wildman–Crippen LogP) is 1.83. The van der Waals surface area contributed by atoms with E-state index in [0.717, 1.165) is 0 Å². The van der Waals surface area contributed by atoms with Crippen LogP contribution in [0.5, 0.6) is 0 Å². The molecule has 1 unspecified atom stereocenters. The van der Waals surface area contributed by atoms with Crippen LogP contribution < -0.4 is 11.1 Å². The van der Waals surface area contributed by atoms with Gasteiger partial charge in [-0.3, -0.25) is 9.59 Å². The van der Waals surface area contributed by atoms with Gasteiger partial charge in [0.2, 0.25) is 5.91 Å². The summed E-state index contributed by atoms with van der Waals surface area (Å²) in [5.41, 5.74) is 5.24. The van der Waals surface area contributed by atoms with Crippen LogP contribution in [0.2, 0.25) is 5.02 Å². The highest BCUT2D eigenvalue weighted by Gasteiger charge is 2.28. The summed E-state index contributed by atoms with van der Waals surface area (Å²) in [5, 5.41) is 12.2. The number of carboxylic acid groups (broad SMARTS) is 1. The van der Waals surface area contributed by atoms with Gasteiger partial charge >= 0.3 is 5.97 Å². The molecule has 0 aliphatic carbocycles. The third-order valence-corrected chi connectivity index (χ3v) is 3.20. The summed E-state index contributed by atoms with van der Waals surface area (Å²) in [5.74, 6) is -2.51. The van der Waals surface area contributed by atoms with Crippen LogP contribution >= 0.6 is 11.6 Å². The molecule has 4 N–H and O–H groups in total. The minimum Gasteiger partial charge on any atom is -0.481 e. The van der Waals surface area contributed by atoms with Crippen molar-refractivity contribution in [3.8, 4) is 0 Å². The average molecular weight is 315 g/mol. The number of carbonyl (C=O) groups is 2. The van der Waals surface area contributed by atoms with Crippen molar-refractivity contribution in [1.29, 1.82) is 0 Å². The van der Waals surface area contributed by atoms with Gasteiger partial charge in [0.05, 0.1) is 12.1 Å². The first kappa shape index (κ1) is 17.4. The molecule has 7 heteroatoms. The first-order valence-electron chi connectivity index (χ1n) is 6.29. The van der Waals surface area contributed by atoms with Crippen LogP contribution in [-0.2, 0) is 14.3 Å². The highest BCUT2D eigenvalue weighted by molar-refractivity contribution is 6.32. The molecule has 1 amide bonds. The van der Waals surface area contributed by atoms with E-state index in [1.54, 1.807) is 32.0 Å². The molecule has 0 aliphatic rings. The molecule has 0 aromatic heterocycles. The lowest BCUT2D eigenvalue weighted by Crippen LogP contribution is -2.45. The number of hydrogen-bond acceptors (Lipinski definition) is 4. The first-order chi connectivity index (χ1) is 9.68. The van der Waals surface area contributed by atoms with E-state index in [2.05, 4.69) is 5.32 Å². The van der Waals surface area contributed by atoms with Crippen LogP contribution in [0.1, 0.15) is 25.3 Å². The summed E-state index contributed by atoms with van der Waals surface area (Å²) in [4.78, 5) is 23.4. The molecule has 1 aromatic rings. The zero-order valence-electron chi connectivity index (χ0n) is 12.1. The Hall–Kier alpha value is -1.63. The number of aliphatic carboxylic acids is 1. The highest BCUT2D eigenvalue weighted by Crippen LogP contribution is 2.32. The zero-order chi connectivity index (χ0) is 16.2. The number of nitrogens with one attached hydrogen (secondary N) is 1. The molecule has 21 heavy (non-hydrogen) atoms. The number of benzene rings is 1. The summed E-state index contributed by atoms with van der Waals surface area (Å²) < 4.78 is 4.93. The van der Waals surface area contributed by atoms with Crippen LogP contribution in [0.25, 0.3) is 0 Å². The summed E-state index contributed by atoms with van der Waals surface area (Å²) in [6, 6.07) is 4.76. The van der Waals surface area contributed by atoms with Gasteiger partial charge in [-0.15, -0.1) is 0 Å². The van der Waals surface area contributed by atoms with Crippen LogP contribution in [0.3, 0.4) is 0 Å². The lowest BCUT2D eigenvalue weighted by molar-refractivity contribution is -0.140. The molecule has 0 fully saturated rings. The van der Waals surface area contributed by atoms with Gasteiger partial charge < -0.3 is 20.9 Å². The third-order valence-electron chi connectivity index (χ3n) is 2.87. The number of nitrogens with two attached hydrogens (primary N) is 1. The van der Waals surface area contributed by atoms with Gasteiger partial charge in [-0.2, -0.15) is 0 Å². The molecule has 1 atom stereocenters. The summed E-state index contributed by atoms with van der Waals surface area (Å²) in [6.07, 6.45) is 0. The van der Waals surface area contributed by atoms with Crippen LogP contribution in [0.15, 0.2) is 18.2 Å². The Morgan fingerprint density at radius 2 is 2.10 bits per heavy atom. The number of halogens is 1. The van der Waals surface area contributed by atoms with E-state index < -0.39 is 23.3 Å². The molecule has 0 saturated heterocycles. The Kier molecular flexibility index (Phi) is 5.71. The number of methoxy groups -OCH3 is 1. The monoisotopic (exact) mass is 314 g/mol. The smallest absolute Gasteiger partial charge is 0.313 e. The maximum atomic E-state index is 12.0. The Balaban J connectivity index is 3.25. The average Bonchev–Trinajstić information content (AvgIpc) is 2.35. The second kappa shape index (κ2) is 6.89. The number of ether oxygens (including phenoxy) is 1. The molecule has 0 bridgehead atoms. The first-order valence-corrected chi connectivity index (χ1v) is 6.66. The fraction of sp³-hybridized carbons (Fsp3) is 0.429. The largest absolute Gasteiger partial charge is 0.481 e. The van der Waals surface area contributed by atoms with Crippen molar-refractivity contribution in [2.75, 3.05) is 19.0 Å². The van der Waals surface area contributed by atoms with Crippen LogP contribution in [0.4, 0.5) is 5.69 Å². The minimum atomic E-state index is -1.10. The number of rotatable bonds is 6. The van der Waals surface area contributed by atoms with E-state index in [1.165, 1.54) is 7.11 Å². The minimum absolute atomic E-state index is 0.0616. The van der Waals surface area contributed by atoms with Gasteiger partial charge in [0.25, 0.3) is 0 Å². The third kappa shape index (κ3) is 4.42. The highest BCUT2D eigenvalue weighted by atomic mass is 35.5. The van der Waals surface area contributed by atoms with Crippen LogP contribution in [-0.4, -0.2) is 36.2 Å². The molecule has 1 rings (SSSR count). The van der Waals surface area contributed by atoms with Crippen molar-refractivity contribution < 1.29 is 19.4 Å². The number of amides is 1. The Morgan fingerprint density at radius 1 is 1.48 bits per heavy atom. The van der Waals surface area contributed by atoms with Crippen molar-refractivity contribution >= 4 is 29.2 Å². The number of carboxylic acids is 1. The number of carbonyl (C=O) groups excluding carboxylic acids is 1. The summed E-state index contributed by atoms with van der Waals surface area (Å²) in [7, 11) is 1.40. The molecule has 0 radical (unpaired) electrons. The van der Waals surface area contributed by atoms with Crippen molar-refractivity contribution in [2.45, 2.75) is 25.3 Å². The fourth-order valence-corrected chi connectivity index (χ4v) is 2.03. The van der Waals surface area contributed by atoms with Gasteiger partial charge in [0, 0.05) is 23.4 Å². The normalized spacial score (nSPS) is 12.8. The SMILES string of the molecule is COCC(C(=O)O)c1c(Cl)cccc1NC(=O)C(C)(C)N. The molecular weight excluding hydrogens is 296 g/mol. The molecule has 1 aromatic carbocycles. The second-order valence-electron chi connectivity index (χ2n) is 5.22. The molecular formula is C14H19ClN2O4. The number of anilines is 1. The lowest BCUT2D eigenvalue weighted by Gasteiger charge is -2.22. The molecule has 0 spiro atoms. The fourth-order valence-electron chi connectivity index (χ4n) is 1.73. The molecule has 0 heterocycles.